The minimum absolute atomic E-state index is 0.346. The summed E-state index contributed by atoms with van der Waals surface area (Å²) in [7, 11) is 0. The van der Waals surface area contributed by atoms with Crippen molar-refractivity contribution in [1.82, 2.24) is 10.3 Å². The Kier molecular flexibility index (Phi) is 4.33. The van der Waals surface area contributed by atoms with Crippen LogP contribution in [0.3, 0.4) is 0 Å². The van der Waals surface area contributed by atoms with Gasteiger partial charge in [0.15, 0.2) is 0 Å². The van der Waals surface area contributed by atoms with E-state index in [0.29, 0.717) is 6.04 Å². The molecule has 0 radical (unpaired) electrons. The van der Waals surface area contributed by atoms with E-state index in [9.17, 15) is 0 Å². The van der Waals surface area contributed by atoms with Gasteiger partial charge in [0.05, 0.1) is 6.26 Å². The van der Waals surface area contributed by atoms with Crippen molar-refractivity contribution in [3.05, 3.63) is 54.2 Å². The Morgan fingerprint density at radius 1 is 1.35 bits per heavy atom. The zero-order valence-electron chi connectivity index (χ0n) is 10.1. The largest absolute Gasteiger partial charge is 0.469 e. The summed E-state index contributed by atoms with van der Waals surface area (Å²) in [6, 6.07) is 8.39. The van der Waals surface area contributed by atoms with E-state index in [0.717, 1.165) is 25.1 Å². The zero-order valence-corrected chi connectivity index (χ0v) is 10.1. The monoisotopic (exact) mass is 230 g/mol. The first-order chi connectivity index (χ1) is 8.40. The summed E-state index contributed by atoms with van der Waals surface area (Å²) in [5, 5.41) is 3.48. The molecule has 2 aromatic heterocycles. The van der Waals surface area contributed by atoms with Crippen LogP contribution in [0.15, 0.2) is 47.3 Å². The summed E-state index contributed by atoms with van der Waals surface area (Å²) in [6.07, 6.45) is 7.42. The summed E-state index contributed by atoms with van der Waals surface area (Å²) in [4.78, 5) is 4.17. The summed E-state index contributed by atoms with van der Waals surface area (Å²) in [6.45, 7) is 3.08. The lowest BCUT2D eigenvalue weighted by molar-refractivity contribution is 0.458. The zero-order chi connectivity index (χ0) is 11.9. The van der Waals surface area contributed by atoms with E-state index in [-0.39, 0.29) is 0 Å². The first-order valence-corrected chi connectivity index (χ1v) is 6.06. The van der Waals surface area contributed by atoms with E-state index in [2.05, 4.69) is 23.3 Å². The highest BCUT2D eigenvalue weighted by atomic mass is 16.3. The van der Waals surface area contributed by atoms with Crippen LogP contribution in [0.4, 0.5) is 0 Å². The van der Waals surface area contributed by atoms with Crippen LogP contribution in [-0.4, -0.2) is 11.5 Å². The number of nitrogens with one attached hydrogen (secondary N) is 1. The molecular weight excluding hydrogens is 212 g/mol. The normalized spacial score (nSPS) is 12.5. The number of aryl methyl sites for hydroxylation is 1. The van der Waals surface area contributed by atoms with Crippen molar-refractivity contribution in [2.45, 2.75) is 25.8 Å². The van der Waals surface area contributed by atoms with E-state index in [1.165, 1.54) is 5.56 Å². The quantitative estimate of drug-likeness (QED) is 0.829. The van der Waals surface area contributed by atoms with E-state index in [4.69, 9.17) is 4.42 Å². The second-order valence-corrected chi connectivity index (χ2v) is 4.01. The predicted molar refractivity (Wildman–Crippen MR) is 67.7 cm³/mol. The second-order valence-electron chi connectivity index (χ2n) is 4.01. The Morgan fingerprint density at radius 3 is 2.94 bits per heavy atom. The summed E-state index contributed by atoms with van der Waals surface area (Å²) in [5.74, 6) is 1.04. The highest BCUT2D eigenvalue weighted by Gasteiger charge is 2.10. The number of hydrogen-bond donors (Lipinski definition) is 1. The molecule has 0 aliphatic heterocycles. The maximum absolute atomic E-state index is 5.35. The van der Waals surface area contributed by atoms with Gasteiger partial charge < -0.3 is 9.73 Å². The summed E-state index contributed by atoms with van der Waals surface area (Å²) >= 11 is 0. The lowest BCUT2D eigenvalue weighted by Crippen LogP contribution is -2.21. The molecule has 2 aromatic rings. The molecule has 2 rings (SSSR count). The average Bonchev–Trinajstić information content (AvgIpc) is 2.88. The van der Waals surface area contributed by atoms with Gasteiger partial charge in [-0.2, -0.15) is 0 Å². The van der Waals surface area contributed by atoms with E-state index in [1.54, 1.807) is 12.5 Å². The van der Waals surface area contributed by atoms with Gasteiger partial charge in [-0.1, -0.05) is 13.0 Å². The first-order valence-electron chi connectivity index (χ1n) is 6.06. The number of nitrogens with zero attached hydrogens (tertiary/aromatic N) is 1. The highest BCUT2D eigenvalue weighted by molar-refractivity contribution is 5.14. The van der Waals surface area contributed by atoms with Crippen molar-refractivity contribution >= 4 is 0 Å². The number of rotatable bonds is 6. The van der Waals surface area contributed by atoms with Crippen molar-refractivity contribution in [3.8, 4) is 0 Å². The molecule has 3 nitrogen and oxygen atoms in total. The lowest BCUT2D eigenvalue weighted by Gasteiger charge is -2.17. The molecule has 1 N–H and O–H groups in total. The van der Waals surface area contributed by atoms with Crippen LogP contribution in [0, 0.1) is 0 Å². The Morgan fingerprint density at radius 2 is 2.29 bits per heavy atom. The fourth-order valence-electron chi connectivity index (χ4n) is 1.96. The molecule has 3 heteroatoms. The molecule has 0 saturated carbocycles. The maximum atomic E-state index is 5.35. The van der Waals surface area contributed by atoms with Crippen molar-refractivity contribution in [3.63, 3.8) is 0 Å². The molecule has 17 heavy (non-hydrogen) atoms. The molecule has 90 valence electrons. The van der Waals surface area contributed by atoms with Crippen molar-refractivity contribution in [2.24, 2.45) is 0 Å². The molecule has 0 aliphatic carbocycles. The van der Waals surface area contributed by atoms with Crippen LogP contribution in [-0.2, 0) is 6.42 Å². The van der Waals surface area contributed by atoms with Gasteiger partial charge in [0.2, 0.25) is 0 Å². The highest BCUT2D eigenvalue weighted by Crippen LogP contribution is 2.18. The molecule has 0 spiro atoms. The molecule has 1 unspecified atom stereocenters. The Labute approximate surface area is 102 Å². The van der Waals surface area contributed by atoms with Crippen LogP contribution in [0.2, 0.25) is 0 Å². The summed E-state index contributed by atoms with van der Waals surface area (Å²) in [5.41, 5.74) is 1.24. The van der Waals surface area contributed by atoms with Crippen molar-refractivity contribution < 1.29 is 4.42 Å². The standard InChI is InChI=1S/C14H18N2O/c1-2-16-14(12-5-3-9-15-11-12)8-7-13-6-4-10-17-13/h3-6,9-11,14,16H,2,7-8H2,1H3. The van der Waals surface area contributed by atoms with Crippen LogP contribution in [0.1, 0.15) is 30.7 Å². The maximum Gasteiger partial charge on any atom is 0.103 e. The van der Waals surface area contributed by atoms with Crippen LogP contribution in [0.5, 0.6) is 0 Å². The molecule has 0 amide bonds. The summed E-state index contributed by atoms with van der Waals surface area (Å²) < 4.78 is 5.35. The first kappa shape index (κ1) is 11.9. The number of aromatic nitrogens is 1. The predicted octanol–water partition coefficient (Wildman–Crippen LogP) is 2.96. The van der Waals surface area contributed by atoms with Gasteiger partial charge in [-0.05, 0) is 36.7 Å². The van der Waals surface area contributed by atoms with Crippen molar-refractivity contribution in [2.75, 3.05) is 6.54 Å². The van der Waals surface area contributed by atoms with Gasteiger partial charge in [-0.25, -0.2) is 0 Å². The number of furan rings is 1. The molecule has 0 aromatic carbocycles. The van der Waals surface area contributed by atoms with Crippen LogP contribution >= 0.6 is 0 Å². The lowest BCUT2D eigenvalue weighted by atomic mass is 10.0. The minimum Gasteiger partial charge on any atom is -0.469 e. The molecule has 0 saturated heterocycles. The molecular formula is C14H18N2O. The molecule has 0 bridgehead atoms. The van der Waals surface area contributed by atoms with Crippen molar-refractivity contribution in [1.29, 1.82) is 0 Å². The Balaban J connectivity index is 1.98. The van der Waals surface area contributed by atoms with Crippen LogP contribution in [0.25, 0.3) is 0 Å². The van der Waals surface area contributed by atoms with Gasteiger partial charge in [-0.15, -0.1) is 0 Å². The fourth-order valence-corrected chi connectivity index (χ4v) is 1.96. The van der Waals surface area contributed by atoms with Crippen LogP contribution < -0.4 is 5.32 Å². The Hall–Kier alpha value is -1.61. The smallest absolute Gasteiger partial charge is 0.103 e. The average molecular weight is 230 g/mol. The van der Waals surface area contributed by atoms with Gasteiger partial charge in [0.25, 0.3) is 0 Å². The fraction of sp³-hybridized carbons (Fsp3) is 0.357. The van der Waals surface area contributed by atoms with E-state index >= 15 is 0 Å². The third-order valence-electron chi connectivity index (χ3n) is 2.80. The minimum atomic E-state index is 0.346. The second kappa shape index (κ2) is 6.21. The molecule has 1 atom stereocenters. The number of hydrogen-bond acceptors (Lipinski definition) is 3. The SMILES string of the molecule is CCNC(CCc1ccco1)c1cccnc1. The third kappa shape index (κ3) is 3.43. The molecule has 2 heterocycles. The van der Waals surface area contributed by atoms with Gasteiger partial charge in [0.1, 0.15) is 5.76 Å². The van der Waals surface area contributed by atoms with E-state index < -0.39 is 0 Å². The molecule has 0 fully saturated rings. The Bertz CT molecular complexity index is 411. The van der Waals surface area contributed by atoms with Gasteiger partial charge in [0, 0.05) is 24.9 Å². The third-order valence-corrected chi connectivity index (χ3v) is 2.80. The van der Waals surface area contributed by atoms with Gasteiger partial charge in [-0.3, -0.25) is 4.98 Å². The van der Waals surface area contributed by atoms with E-state index in [1.807, 2.05) is 24.4 Å². The van der Waals surface area contributed by atoms with Gasteiger partial charge >= 0.3 is 0 Å². The number of pyridine rings is 1. The topological polar surface area (TPSA) is 38.1 Å². The molecule has 0 aliphatic rings.